The zero-order valence-corrected chi connectivity index (χ0v) is 13.1. The Morgan fingerprint density at radius 3 is 2.63 bits per heavy atom. The topological polar surface area (TPSA) is 37.3 Å². The number of carbonyl (C=O) groups is 1. The summed E-state index contributed by atoms with van der Waals surface area (Å²) in [7, 11) is 0. The Morgan fingerprint density at radius 2 is 2.00 bits per heavy atom. The van der Waals surface area contributed by atoms with Gasteiger partial charge in [0.1, 0.15) is 0 Å². The molecule has 0 radical (unpaired) electrons. The predicted molar refractivity (Wildman–Crippen MR) is 76.5 cm³/mol. The number of Topliss-reactive ketones (excluding diaryl/α,β-unsaturated/α-hetero) is 1. The van der Waals surface area contributed by atoms with Gasteiger partial charge in [-0.2, -0.15) is 0 Å². The van der Waals surface area contributed by atoms with Crippen molar-refractivity contribution in [2.24, 2.45) is 23.2 Å². The van der Waals surface area contributed by atoms with Crippen LogP contribution in [0.3, 0.4) is 0 Å². The molecule has 2 aliphatic carbocycles. The molecule has 3 heteroatoms. The molecule has 1 N–H and O–H groups in total. The molecule has 19 heavy (non-hydrogen) atoms. The number of aliphatic hydroxyl groups excluding tert-OH is 1. The summed E-state index contributed by atoms with van der Waals surface area (Å²) in [6, 6.07) is 10.3. The van der Waals surface area contributed by atoms with Crippen LogP contribution in [0, 0.1) is 23.2 Å². The fraction of sp³-hybridized carbons (Fsp3) is 0.562. The SMILES string of the molecule is CC1(C)[C@H]2[C@H](CO)C(=O)C([Se]c3ccccc3)C[C@H]21. The van der Waals surface area contributed by atoms with E-state index >= 15 is 0 Å². The summed E-state index contributed by atoms with van der Waals surface area (Å²) >= 11 is 0.204. The number of fused-ring (bicyclic) bond motifs is 1. The van der Waals surface area contributed by atoms with Crippen LogP contribution in [-0.2, 0) is 4.79 Å². The average Bonchev–Trinajstić information content (AvgIpc) is 2.93. The summed E-state index contributed by atoms with van der Waals surface area (Å²) in [6.07, 6.45) is 1.03. The Balaban J connectivity index is 1.78. The third kappa shape index (κ3) is 2.18. The van der Waals surface area contributed by atoms with Crippen molar-refractivity contribution < 1.29 is 9.90 Å². The van der Waals surface area contributed by atoms with Crippen molar-refractivity contribution in [2.75, 3.05) is 6.61 Å². The van der Waals surface area contributed by atoms with E-state index in [0.29, 0.717) is 17.6 Å². The molecule has 1 aromatic rings. The van der Waals surface area contributed by atoms with Crippen LogP contribution in [0.2, 0.25) is 4.82 Å². The average molecular weight is 323 g/mol. The van der Waals surface area contributed by atoms with Gasteiger partial charge in [-0.15, -0.1) is 0 Å². The second-order valence-electron chi connectivity index (χ2n) is 6.30. The van der Waals surface area contributed by atoms with Crippen LogP contribution in [0.1, 0.15) is 20.3 Å². The van der Waals surface area contributed by atoms with Crippen molar-refractivity contribution in [1.82, 2.24) is 0 Å². The number of ketones is 1. The third-order valence-electron chi connectivity index (χ3n) is 4.94. The summed E-state index contributed by atoms with van der Waals surface area (Å²) in [6.45, 7) is 4.52. The molecule has 0 aromatic heterocycles. The molecule has 102 valence electrons. The third-order valence-corrected chi connectivity index (χ3v) is 7.57. The summed E-state index contributed by atoms with van der Waals surface area (Å²) in [5, 5.41) is 9.56. The molecule has 2 saturated carbocycles. The van der Waals surface area contributed by atoms with Crippen molar-refractivity contribution in [1.29, 1.82) is 0 Å². The van der Waals surface area contributed by atoms with Crippen LogP contribution >= 0.6 is 0 Å². The number of rotatable bonds is 3. The summed E-state index contributed by atoms with van der Waals surface area (Å²) in [4.78, 5) is 12.7. The molecule has 2 nitrogen and oxygen atoms in total. The van der Waals surface area contributed by atoms with E-state index in [-0.39, 0.29) is 37.7 Å². The zero-order chi connectivity index (χ0) is 13.6. The molecule has 2 fully saturated rings. The molecule has 4 atom stereocenters. The number of hydrogen-bond donors (Lipinski definition) is 1. The van der Waals surface area contributed by atoms with E-state index < -0.39 is 0 Å². The van der Waals surface area contributed by atoms with E-state index in [1.807, 2.05) is 18.2 Å². The number of benzene rings is 1. The van der Waals surface area contributed by atoms with Gasteiger partial charge in [-0.25, -0.2) is 0 Å². The fourth-order valence-electron chi connectivity index (χ4n) is 3.77. The van der Waals surface area contributed by atoms with E-state index in [9.17, 15) is 9.90 Å². The Morgan fingerprint density at radius 1 is 1.32 bits per heavy atom. The maximum atomic E-state index is 12.5. The van der Waals surface area contributed by atoms with Crippen LogP contribution in [-0.4, -0.2) is 32.5 Å². The van der Waals surface area contributed by atoms with Crippen LogP contribution < -0.4 is 4.46 Å². The second kappa shape index (κ2) is 4.73. The van der Waals surface area contributed by atoms with Crippen molar-refractivity contribution in [3.63, 3.8) is 0 Å². The van der Waals surface area contributed by atoms with Crippen LogP contribution in [0.4, 0.5) is 0 Å². The zero-order valence-electron chi connectivity index (χ0n) is 11.4. The van der Waals surface area contributed by atoms with E-state index in [2.05, 4.69) is 26.0 Å². The van der Waals surface area contributed by atoms with E-state index in [4.69, 9.17) is 0 Å². The number of carbonyl (C=O) groups excluding carboxylic acids is 1. The van der Waals surface area contributed by atoms with E-state index in [1.165, 1.54) is 4.46 Å². The fourth-order valence-corrected chi connectivity index (χ4v) is 6.37. The summed E-state index contributed by atoms with van der Waals surface area (Å²) in [5.41, 5.74) is 0.255. The molecular weight excluding hydrogens is 303 g/mol. The molecule has 1 unspecified atom stereocenters. The Hall–Kier alpha value is -0.631. The van der Waals surface area contributed by atoms with Gasteiger partial charge in [0.15, 0.2) is 0 Å². The molecule has 0 spiro atoms. The summed E-state index contributed by atoms with van der Waals surface area (Å²) in [5.74, 6) is 1.27. The van der Waals surface area contributed by atoms with Crippen LogP contribution in [0.25, 0.3) is 0 Å². The van der Waals surface area contributed by atoms with E-state index in [1.54, 1.807) is 0 Å². The standard InChI is InChI=1S/C16H20O2Se/c1-16(2)12-8-13(15(18)11(9-17)14(12)16)19-10-6-4-3-5-7-10/h3-7,11-14,17H,8-9H2,1-2H3/t11-,12+,13?,14-/m0/s1. The van der Waals surface area contributed by atoms with Crippen molar-refractivity contribution >= 4 is 25.2 Å². The van der Waals surface area contributed by atoms with Gasteiger partial charge in [0, 0.05) is 0 Å². The number of hydrogen-bond acceptors (Lipinski definition) is 2. The molecule has 0 heterocycles. The Bertz CT molecular complexity index is 483. The normalized spacial score (nSPS) is 35.8. The molecule has 0 saturated heterocycles. The van der Waals surface area contributed by atoms with Crippen molar-refractivity contribution in [3.8, 4) is 0 Å². The second-order valence-corrected chi connectivity index (χ2v) is 8.98. The monoisotopic (exact) mass is 324 g/mol. The minimum absolute atomic E-state index is 0.0325. The first-order valence-corrected chi connectivity index (χ1v) is 8.76. The molecule has 3 rings (SSSR count). The van der Waals surface area contributed by atoms with Crippen molar-refractivity contribution in [2.45, 2.75) is 25.1 Å². The van der Waals surface area contributed by atoms with Crippen LogP contribution in [0.5, 0.6) is 0 Å². The van der Waals surface area contributed by atoms with Gasteiger partial charge in [0.05, 0.1) is 0 Å². The predicted octanol–water partition coefficient (Wildman–Crippen LogP) is 1.66. The molecule has 0 aliphatic heterocycles. The maximum absolute atomic E-state index is 12.5. The first-order valence-electron chi connectivity index (χ1n) is 6.92. The first kappa shape index (κ1) is 13.4. The molecule has 2 aliphatic rings. The van der Waals surface area contributed by atoms with Crippen molar-refractivity contribution in [3.05, 3.63) is 30.3 Å². The first-order chi connectivity index (χ1) is 9.05. The van der Waals surface area contributed by atoms with Crippen LogP contribution in [0.15, 0.2) is 30.3 Å². The molecular formula is C16H20O2Se. The summed E-state index contributed by atoms with van der Waals surface area (Å²) < 4.78 is 1.29. The molecule has 0 bridgehead atoms. The van der Waals surface area contributed by atoms with E-state index in [0.717, 1.165) is 6.42 Å². The molecule has 0 amide bonds. The van der Waals surface area contributed by atoms with Gasteiger partial charge >= 0.3 is 120 Å². The minimum atomic E-state index is -0.107. The van der Waals surface area contributed by atoms with Gasteiger partial charge in [-0.1, -0.05) is 0 Å². The van der Waals surface area contributed by atoms with Gasteiger partial charge in [0.25, 0.3) is 0 Å². The quantitative estimate of drug-likeness (QED) is 0.859. The Labute approximate surface area is 120 Å². The van der Waals surface area contributed by atoms with Gasteiger partial charge in [-0.3, -0.25) is 0 Å². The van der Waals surface area contributed by atoms with Gasteiger partial charge in [-0.05, 0) is 0 Å². The molecule has 1 aromatic carbocycles. The Kier molecular flexibility index (Phi) is 3.33. The van der Waals surface area contributed by atoms with Gasteiger partial charge < -0.3 is 0 Å². The van der Waals surface area contributed by atoms with Gasteiger partial charge in [0.2, 0.25) is 0 Å². The number of aliphatic hydroxyl groups is 1.